The minimum absolute atomic E-state index is 0.0230. The van der Waals surface area contributed by atoms with Gasteiger partial charge in [-0.3, -0.25) is 0 Å². The van der Waals surface area contributed by atoms with E-state index in [0.717, 1.165) is 11.3 Å². The average Bonchev–Trinajstić information content (AvgIpc) is 2.64. The summed E-state index contributed by atoms with van der Waals surface area (Å²) in [5.74, 6) is -0.257. The third-order valence-electron chi connectivity index (χ3n) is 2.39. The highest BCUT2D eigenvalue weighted by molar-refractivity contribution is 7.91. The molecule has 0 amide bonds. The van der Waals surface area contributed by atoms with E-state index in [2.05, 4.69) is 5.32 Å². The smallest absolute Gasteiger partial charge is 0.390 e. The minimum Gasteiger partial charge on any atom is -0.396 e. The molecule has 1 aromatic rings. The molecule has 0 spiro atoms. The monoisotopic (exact) mass is 327 g/mol. The molecule has 0 atom stereocenters. The highest BCUT2D eigenvalue weighted by Gasteiger charge is 2.29. The van der Waals surface area contributed by atoms with Crippen LogP contribution in [0.2, 0.25) is 0 Å². The molecule has 0 aliphatic rings. The van der Waals surface area contributed by atoms with Gasteiger partial charge in [0.1, 0.15) is 20.8 Å². The molecule has 5 nitrogen and oxygen atoms in total. The summed E-state index contributed by atoms with van der Waals surface area (Å²) in [6.45, 7) is 0.901. The number of nitrogens with two attached hydrogens (primary N) is 1. The number of hydrogen-bond donors (Lipinski definition) is 2. The first kappa shape index (κ1) is 16.6. The van der Waals surface area contributed by atoms with Gasteiger partial charge in [0.2, 0.25) is 0 Å². The second-order valence-electron chi connectivity index (χ2n) is 3.81. The summed E-state index contributed by atoms with van der Waals surface area (Å²) >= 11 is 0.735. The van der Waals surface area contributed by atoms with Gasteiger partial charge in [-0.05, 0) is 0 Å². The molecular weight excluding hydrogens is 315 g/mol. The minimum atomic E-state index is -4.35. The Balaban J connectivity index is 3.11. The van der Waals surface area contributed by atoms with E-state index in [1.54, 1.807) is 6.07 Å². The van der Waals surface area contributed by atoms with Crippen molar-refractivity contribution in [2.75, 3.05) is 23.3 Å². The van der Waals surface area contributed by atoms with Crippen LogP contribution < -0.4 is 11.1 Å². The van der Waals surface area contributed by atoms with Crippen molar-refractivity contribution in [1.82, 2.24) is 0 Å². The number of rotatable bonds is 5. The lowest BCUT2D eigenvalue weighted by molar-refractivity contribution is -0.131. The van der Waals surface area contributed by atoms with Crippen LogP contribution in [0.3, 0.4) is 0 Å². The Bertz CT molecular complexity index is 629. The normalized spacial score (nSPS) is 12.2. The van der Waals surface area contributed by atoms with Gasteiger partial charge in [0.05, 0.1) is 17.9 Å². The lowest BCUT2D eigenvalue weighted by Gasteiger charge is -2.09. The van der Waals surface area contributed by atoms with E-state index < -0.39 is 29.0 Å². The quantitative estimate of drug-likeness (QED) is 0.865. The van der Waals surface area contributed by atoms with E-state index >= 15 is 0 Å². The third-order valence-corrected chi connectivity index (χ3v) is 5.39. The van der Waals surface area contributed by atoms with Gasteiger partial charge in [-0.2, -0.15) is 18.4 Å². The average molecular weight is 327 g/mol. The zero-order chi connectivity index (χ0) is 15.6. The first-order valence-corrected chi connectivity index (χ1v) is 7.95. The Morgan fingerprint density at radius 1 is 1.45 bits per heavy atom. The van der Waals surface area contributed by atoms with Gasteiger partial charge < -0.3 is 11.1 Å². The Kier molecular flexibility index (Phi) is 4.88. The second-order valence-corrected chi connectivity index (χ2v) is 7.05. The van der Waals surface area contributed by atoms with Crippen molar-refractivity contribution in [3.63, 3.8) is 0 Å². The SMILES string of the molecule is CCS(=O)(=O)c1c(NCCC(F)(F)F)sc(C#N)c1N. The van der Waals surface area contributed by atoms with Gasteiger partial charge >= 0.3 is 6.18 Å². The van der Waals surface area contributed by atoms with Crippen molar-refractivity contribution in [3.8, 4) is 6.07 Å². The van der Waals surface area contributed by atoms with E-state index in [1.165, 1.54) is 6.92 Å². The standard InChI is InChI=1S/C10H12F3N3O2S2/c1-2-20(17,18)8-7(15)6(5-14)19-9(8)16-4-3-10(11,12)13/h16H,2-4,15H2,1H3. The molecule has 0 unspecified atom stereocenters. The molecule has 0 saturated carbocycles. The van der Waals surface area contributed by atoms with Crippen LogP contribution in [0.25, 0.3) is 0 Å². The molecule has 0 aromatic carbocycles. The molecule has 0 fully saturated rings. The summed E-state index contributed by atoms with van der Waals surface area (Å²) in [6.07, 6.45) is -5.46. The molecule has 112 valence electrons. The van der Waals surface area contributed by atoms with E-state index in [4.69, 9.17) is 11.0 Å². The highest BCUT2D eigenvalue weighted by Crippen LogP contribution is 2.39. The predicted octanol–water partition coefficient (Wildman–Crippen LogP) is 2.36. The topological polar surface area (TPSA) is 96.0 Å². The van der Waals surface area contributed by atoms with E-state index in [1.807, 2.05) is 0 Å². The molecule has 0 aliphatic carbocycles. The molecule has 10 heteroatoms. The van der Waals surface area contributed by atoms with Gasteiger partial charge in [0, 0.05) is 6.54 Å². The summed E-state index contributed by atoms with van der Waals surface area (Å²) < 4.78 is 60.0. The van der Waals surface area contributed by atoms with Gasteiger partial charge in [-0.25, -0.2) is 8.42 Å². The molecule has 1 heterocycles. The van der Waals surface area contributed by atoms with Crippen molar-refractivity contribution < 1.29 is 21.6 Å². The van der Waals surface area contributed by atoms with Crippen LogP contribution in [0, 0.1) is 11.3 Å². The molecule has 0 saturated heterocycles. The number of nitrogen functional groups attached to an aromatic ring is 1. The molecular formula is C10H12F3N3O2S2. The third kappa shape index (κ3) is 3.77. The molecule has 0 bridgehead atoms. The predicted molar refractivity (Wildman–Crippen MR) is 70.3 cm³/mol. The Morgan fingerprint density at radius 3 is 2.50 bits per heavy atom. The maximum atomic E-state index is 12.1. The molecule has 1 rings (SSSR count). The number of sulfone groups is 1. The van der Waals surface area contributed by atoms with Crippen molar-refractivity contribution in [3.05, 3.63) is 4.88 Å². The number of nitriles is 1. The highest BCUT2D eigenvalue weighted by atomic mass is 32.2. The molecule has 0 aliphatic heterocycles. The molecule has 20 heavy (non-hydrogen) atoms. The van der Waals surface area contributed by atoms with Crippen molar-refractivity contribution in [2.24, 2.45) is 0 Å². The number of hydrogen-bond acceptors (Lipinski definition) is 6. The van der Waals surface area contributed by atoms with E-state index in [9.17, 15) is 21.6 Å². The lowest BCUT2D eigenvalue weighted by Crippen LogP contribution is -2.15. The summed E-state index contributed by atoms with van der Waals surface area (Å²) in [4.78, 5) is -0.324. The van der Waals surface area contributed by atoms with Crippen LogP contribution in [0.5, 0.6) is 0 Å². The van der Waals surface area contributed by atoms with Gasteiger partial charge in [0.25, 0.3) is 0 Å². The van der Waals surface area contributed by atoms with Crippen LogP contribution in [-0.2, 0) is 9.84 Å². The van der Waals surface area contributed by atoms with Crippen LogP contribution in [-0.4, -0.2) is 26.9 Å². The summed E-state index contributed by atoms with van der Waals surface area (Å²) in [7, 11) is -3.72. The second kappa shape index (κ2) is 5.88. The van der Waals surface area contributed by atoms with Crippen LogP contribution in [0.4, 0.5) is 23.9 Å². The summed E-state index contributed by atoms with van der Waals surface area (Å²) in [6, 6.07) is 1.73. The first-order valence-electron chi connectivity index (χ1n) is 5.48. The number of alkyl halides is 3. The lowest BCUT2D eigenvalue weighted by atomic mass is 10.4. The Hall–Kier alpha value is -1.47. The zero-order valence-corrected chi connectivity index (χ0v) is 12.0. The van der Waals surface area contributed by atoms with Gasteiger partial charge in [-0.15, -0.1) is 11.3 Å². The zero-order valence-electron chi connectivity index (χ0n) is 10.4. The molecule has 1 aromatic heterocycles. The first-order chi connectivity index (χ1) is 9.12. The van der Waals surface area contributed by atoms with Crippen LogP contribution in [0.1, 0.15) is 18.2 Å². The van der Waals surface area contributed by atoms with Crippen molar-refractivity contribution >= 4 is 31.9 Å². The number of thiophene rings is 1. The van der Waals surface area contributed by atoms with Crippen LogP contribution >= 0.6 is 11.3 Å². The fourth-order valence-corrected chi connectivity index (χ4v) is 3.89. The maximum Gasteiger partial charge on any atom is 0.390 e. The number of nitrogens with one attached hydrogen (secondary N) is 1. The summed E-state index contributed by atoms with van der Waals surface area (Å²) in [5, 5.41) is 11.2. The number of halogens is 3. The van der Waals surface area contributed by atoms with Crippen molar-refractivity contribution in [1.29, 1.82) is 5.26 Å². The largest absolute Gasteiger partial charge is 0.396 e. The molecule has 0 radical (unpaired) electrons. The fourth-order valence-electron chi connectivity index (χ4n) is 1.40. The van der Waals surface area contributed by atoms with Crippen molar-refractivity contribution in [2.45, 2.75) is 24.4 Å². The van der Waals surface area contributed by atoms with Crippen LogP contribution in [0.15, 0.2) is 4.90 Å². The van der Waals surface area contributed by atoms with E-state index in [-0.39, 0.29) is 26.2 Å². The van der Waals surface area contributed by atoms with Gasteiger partial charge in [-0.1, -0.05) is 6.92 Å². The van der Waals surface area contributed by atoms with E-state index in [0.29, 0.717) is 0 Å². The fraction of sp³-hybridized carbons (Fsp3) is 0.500. The summed E-state index contributed by atoms with van der Waals surface area (Å²) in [5.41, 5.74) is 5.37. The maximum absolute atomic E-state index is 12.1. The number of anilines is 2. The van der Waals surface area contributed by atoms with Gasteiger partial charge in [0.15, 0.2) is 9.84 Å². The Labute approximate surface area is 118 Å². The Morgan fingerprint density at radius 2 is 2.05 bits per heavy atom. The number of nitrogens with zero attached hydrogens (tertiary/aromatic N) is 1. The molecule has 3 N–H and O–H groups in total.